The monoisotopic (exact) mass is 488 g/mol. The van der Waals surface area contributed by atoms with Gasteiger partial charge in [0.25, 0.3) is 0 Å². The van der Waals surface area contributed by atoms with Gasteiger partial charge in [-0.15, -0.1) is 0 Å². The van der Waals surface area contributed by atoms with E-state index in [9.17, 15) is 13.2 Å². The van der Waals surface area contributed by atoms with Crippen LogP contribution >= 0.6 is 0 Å². The molecular weight excluding hydrogens is 456 g/mol. The number of para-hydroxylation sites is 1. The Hall–Kier alpha value is -2.62. The molecule has 1 amide bonds. The summed E-state index contributed by atoms with van der Waals surface area (Å²) in [6, 6.07) is 15.9. The number of methoxy groups -OCH3 is 1. The van der Waals surface area contributed by atoms with Crippen LogP contribution in [-0.4, -0.2) is 76.6 Å². The van der Waals surface area contributed by atoms with E-state index in [0.717, 1.165) is 0 Å². The van der Waals surface area contributed by atoms with Crippen LogP contribution in [0.15, 0.2) is 59.5 Å². The average Bonchev–Trinajstić information content (AvgIpc) is 2.89. The summed E-state index contributed by atoms with van der Waals surface area (Å²) < 4.78 is 45.2. The number of benzene rings is 2. The van der Waals surface area contributed by atoms with Gasteiger partial charge < -0.3 is 19.1 Å². The number of morpholine rings is 1. The Labute approximate surface area is 201 Å². The molecule has 2 aromatic carbocycles. The van der Waals surface area contributed by atoms with E-state index in [-0.39, 0.29) is 30.4 Å². The van der Waals surface area contributed by atoms with Gasteiger partial charge in [-0.3, -0.25) is 4.79 Å². The quantitative estimate of drug-likeness (QED) is 0.568. The van der Waals surface area contributed by atoms with Crippen molar-refractivity contribution in [2.75, 3.05) is 53.1 Å². The van der Waals surface area contributed by atoms with Crippen molar-refractivity contribution in [3.8, 4) is 11.5 Å². The molecule has 2 aromatic rings. The van der Waals surface area contributed by atoms with Crippen LogP contribution < -0.4 is 9.47 Å². The highest BCUT2D eigenvalue weighted by atomic mass is 32.2. The first kappa shape index (κ1) is 24.5. The van der Waals surface area contributed by atoms with E-state index < -0.39 is 15.4 Å². The van der Waals surface area contributed by atoms with Crippen LogP contribution in [0, 0.1) is 5.41 Å². The van der Waals surface area contributed by atoms with E-state index in [1.165, 1.54) is 17.5 Å². The Morgan fingerprint density at radius 1 is 1.03 bits per heavy atom. The average molecular weight is 489 g/mol. The minimum Gasteiger partial charge on any atom is -0.497 e. The first-order chi connectivity index (χ1) is 16.4. The molecule has 2 saturated heterocycles. The van der Waals surface area contributed by atoms with Crippen LogP contribution in [0.25, 0.3) is 0 Å². The minimum atomic E-state index is -3.76. The van der Waals surface area contributed by atoms with Crippen LogP contribution in [0.4, 0.5) is 0 Å². The van der Waals surface area contributed by atoms with Crippen LogP contribution in [0.3, 0.4) is 0 Å². The molecule has 0 spiro atoms. The Kier molecular flexibility index (Phi) is 7.75. The molecule has 1 atom stereocenters. The van der Waals surface area contributed by atoms with Crippen molar-refractivity contribution >= 4 is 15.9 Å². The van der Waals surface area contributed by atoms with Crippen molar-refractivity contribution < 1.29 is 27.4 Å². The SMILES string of the molecule is COc1cccc(S(=O)(=O)N2CCC[C@@](COc3ccccc3)(CC(=O)N3CCOCC3)C2)c1. The van der Waals surface area contributed by atoms with Crippen molar-refractivity contribution in [2.24, 2.45) is 5.41 Å². The molecule has 8 nitrogen and oxygen atoms in total. The highest BCUT2D eigenvalue weighted by Gasteiger charge is 2.43. The van der Waals surface area contributed by atoms with Gasteiger partial charge in [0.1, 0.15) is 11.5 Å². The van der Waals surface area contributed by atoms with Gasteiger partial charge in [-0.2, -0.15) is 4.31 Å². The fourth-order valence-corrected chi connectivity index (χ4v) is 6.22. The number of amides is 1. The summed E-state index contributed by atoms with van der Waals surface area (Å²) in [5.41, 5.74) is -0.630. The lowest BCUT2D eigenvalue weighted by atomic mass is 9.78. The lowest BCUT2D eigenvalue weighted by molar-refractivity contribution is -0.139. The summed E-state index contributed by atoms with van der Waals surface area (Å²) in [5.74, 6) is 1.20. The topological polar surface area (TPSA) is 85.4 Å². The first-order valence-corrected chi connectivity index (χ1v) is 13.0. The van der Waals surface area contributed by atoms with Gasteiger partial charge in [-0.05, 0) is 37.1 Å². The lowest BCUT2D eigenvalue weighted by Gasteiger charge is -2.42. The number of hydrogen-bond donors (Lipinski definition) is 0. The third kappa shape index (κ3) is 5.71. The number of rotatable bonds is 8. The normalized spacial score (nSPS) is 21.7. The maximum absolute atomic E-state index is 13.5. The highest BCUT2D eigenvalue weighted by Crippen LogP contribution is 2.37. The van der Waals surface area contributed by atoms with Crippen LogP contribution in [0.5, 0.6) is 11.5 Å². The fraction of sp³-hybridized carbons (Fsp3) is 0.480. The predicted molar refractivity (Wildman–Crippen MR) is 127 cm³/mol. The van der Waals surface area contributed by atoms with Gasteiger partial charge in [-0.25, -0.2) is 8.42 Å². The van der Waals surface area contributed by atoms with E-state index >= 15 is 0 Å². The third-order valence-corrected chi connectivity index (χ3v) is 8.32. The molecule has 2 aliphatic heterocycles. The molecule has 0 aromatic heterocycles. The van der Waals surface area contributed by atoms with Crippen LogP contribution in [0.2, 0.25) is 0 Å². The number of carbonyl (C=O) groups is 1. The molecular formula is C25H32N2O6S. The second-order valence-corrected chi connectivity index (χ2v) is 10.8. The molecule has 0 radical (unpaired) electrons. The zero-order valence-corrected chi connectivity index (χ0v) is 20.3. The lowest BCUT2D eigenvalue weighted by Crippen LogP contribution is -2.51. The second kappa shape index (κ2) is 10.8. The largest absolute Gasteiger partial charge is 0.497 e. The van der Waals surface area contributed by atoms with Gasteiger partial charge >= 0.3 is 0 Å². The molecule has 0 aliphatic carbocycles. The van der Waals surface area contributed by atoms with E-state index in [2.05, 4.69) is 0 Å². The minimum absolute atomic E-state index is 0.0144. The molecule has 0 bridgehead atoms. The molecule has 4 rings (SSSR count). The van der Waals surface area contributed by atoms with Gasteiger partial charge in [0.15, 0.2) is 0 Å². The number of nitrogens with zero attached hydrogens (tertiary/aromatic N) is 2. The maximum Gasteiger partial charge on any atom is 0.243 e. The zero-order valence-electron chi connectivity index (χ0n) is 19.5. The molecule has 0 saturated carbocycles. The molecule has 2 heterocycles. The van der Waals surface area contributed by atoms with E-state index in [1.54, 1.807) is 18.2 Å². The molecule has 0 N–H and O–H groups in total. The molecule has 2 fully saturated rings. The molecule has 2 aliphatic rings. The summed E-state index contributed by atoms with van der Waals surface area (Å²) in [7, 11) is -2.25. The second-order valence-electron chi connectivity index (χ2n) is 8.89. The summed E-state index contributed by atoms with van der Waals surface area (Å²) in [4.78, 5) is 15.2. The number of sulfonamides is 1. The fourth-order valence-electron chi connectivity index (χ4n) is 4.59. The van der Waals surface area contributed by atoms with E-state index in [0.29, 0.717) is 57.2 Å². The van der Waals surface area contributed by atoms with Gasteiger partial charge in [0, 0.05) is 44.1 Å². The summed E-state index contributed by atoms with van der Waals surface area (Å²) >= 11 is 0. The zero-order chi connectivity index (χ0) is 24.0. The predicted octanol–water partition coefficient (Wildman–Crippen LogP) is 2.79. The van der Waals surface area contributed by atoms with Crippen molar-refractivity contribution in [3.05, 3.63) is 54.6 Å². The van der Waals surface area contributed by atoms with Crippen LogP contribution in [0.1, 0.15) is 19.3 Å². The van der Waals surface area contributed by atoms with Crippen molar-refractivity contribution in [1.82, 2.24) is 9.21 Å². The number of carbonyl (C=O) groups excluding carboxylic acids is 1. The first-order valence-electron chi connectivity index (χ1n) is 11.6. The smallest absolute Gasteiger partial charge is 0.243 e. The Bertz CT molecular complexity index is 1070. The maximum atomic E-state index is 13.5. The van der Waals surface area contributed by atoms with Gasteiger partial charge in [0.05, 0.1) is 31.8 Å². The van der Waals surface area contributed by atoms with Gasteiger partial charge in [-0.1, -0.05) is 24.3 Å². The molecule has 184 valence electrons. The number of ether oxygens (including phenoxy) is 3. The van der Waals surface area contributed by atoms with E-state index in [1.807, 2.05) is 35.2 Å². The molecule has 34 heavy (non-hydrogen) atoms. The summed E-state index contributed by atoms with van der Waals surface area (Å²) in [6.45, 7) is 3.04. The molecule has 9 heteroatoms. The molecule has 0 unspecified atom stereocenters. The van der Waals surface area contributed by atoms with Gasteiger partial charge in [0.2, 0.25) is 15.9 Å². The standard InChI is InChI=1S/C25H32N2O6S/c1-31-22-9-5-10-23(17-22)34(29,30)27-12-6-11-25(19-27,20-33-21-7-3-2-4-8-21)18-24(28)26-13-15-32-16-14-26/h2-5,7-10,17H,6,11-16,18-20H2,1H3/t25-/m1/s1. The summed E-state index contributed by atoms with van der Waals surface area (Å²) in [6.07, 6.45) is 1.59. The number of hydrogen-bond acceptors (Lipinski definition) is 6. The Morgan fingerprint density at radius 2 is 1.76 bits per heavy atom. The number of piperidine rings is 1. The third-order valence-electron chi connectivity index (χ3n) is 6.48. The van der Waals surface area contributed by atoms with Crippen molar-refractivity contribution in [2.45, 2.75) is 24.2 Å². The Balaban J connectivity index is 1.58. The van der Waals surface area contributed by atoms with Crippen molar-refractivity contribution in [3.63, 3.8) is 0 Å². The van der Waals surface area contributed by atoms with Crippen LogP contribution in [-0.2, 0) is 19.6 Å². The van der Waals surface area contributed by atoms with E-state index in [4.69, 9.17) is 14.2 Å². The Morgan fingerprint density at radius 3 is 2.50 bits per heavy atom. The van der Waals surface area contributed by atoms with Crippen molar-refractivity contribution in [1.29, 1.82) is 0 Å². The highest BCUT2D eigenvalue weighted by molar-refractivity contribution is 7.89. The summed E-state index contributed by atoms with van der Waals surface area (Å²) in [5, 5.41) is 0.